The molecule has 0 aliphatic carbocycles. The highest BCUT2D eigenvalue weighted by molar-refractivity contribution is 6.60. The molecule has 2 rings (SSSR count). The summed E-state index contributed by atoms with van der Waals surface area (Å²) in [4.78, 5) is 0. The third kappa shape index (κ3) is 9.51. The van der Waals surface area contributed by atoms with Gasteiger partial charge in [-0.25, -0.2) is 18.3 Å². The Morgan fingerprint density at radius 3 is 1.31 bits per heavy atom. The molecule has 0 N–H and O–H groups in total. The van der Waals surface area contributed by atoms with Gasteiger partial charge in [-0.2, -0.15) is 0 Å². The van der Waals surface area contributed by atoms with Crippen LogP contribution in [0.25, 0.3) is 0 Å². The second-order valence-corrected chi connectivity index (χ2v) is 14.4. The molecule has 2 aromatic rings. The fourth-order valence-corrected chi connectivity index (χ4v) is 7.32. The first-order valence-electron chi connectivity index (χ1n) is 12.0. The van der Waals surface area contributed by atoms with Crippen molar-refractivity contribution in [2.24, 2.45) is 0 Å². The molecule has 0 saturated heterocycles. The minimum absolute atomic E-state index is 0.667. The highest BCUT2D eigenvalue weighted by atomic mass is 28.4. The second-order valence-electron chi connectivity index (χ2n) is 8.19. The summed E-state index contributed by atoms with van der Waals surface area (Å²) in [6.45, 7) is 4.74. The van der Waals surface area contributed by atoms with Crippen LogP contribution in [0.1, 0.15) is 12.8 Å². The normalized spacial score (nSPS) is 12.5. The Kier molecular flexibility index (Phi) is 13.3. The molecule has 0 saturated carbocycles. The predicted molar refractivity (Wildman–Crippen MR) is 132 cm³/mol. The molecule has 35 heavy (non-hydrogen) atoms. The van der Waals surface area contributed by atoms with Crippen molar-refractivity contribution in [3.63, 3.8) is 0 Å². The summed E-state index contributed by atoms with van der Waals surface area (Å²) in [6.07, 6.45) is 14.3. The zero-order chi connectivity index (χ0) is 25.6. The van der Waals surface area contributed by atoms with Crippen molar-refractivity contribution >= 4 is 17.6 Å². The molecule has 200 valence electrons. The van der Waals surface area contributed by atoms with Gasteiger partial charge in [0.2, 0.25) is 12.7 Å². The van der Waals surface area contributed by atoms with E-state index in [0.29, 0.717) is 13.2 Å². The topological polar surface area (TPSA) is 82.2 Å². The minimum Gasteiger partial charge on any atom is -0.377 e. The molecule has 0 radical (unpaired) electrons. The second kappa shape index (κ2) is 15.6. The first-order chi connectivity index (χ1) is 17.0. The number of aromatic nitrogens is 4. The van der Waals surface area contributed by atoms with Gasteiger partial charge in [0.15, 0.2) is 0 Å². The maximum Gasteiger partial charge on any atom is 0.500 e. The average Bonchev–Trinajstić information content (AvgIpc) is 3.54. The number of imidazole rings is 2. The lowest BCUT2D eigenvalue weighted by atomic mass is 10.5. The van der Waals surface area contributed by atoms with E-state index in [-0.39, 0.29) is 0 Å². The molecule has 13 heteroatoms. The smallest absolute Gasteiger partial charge is 0.377 e. The first-order valence-corrected chi connectivity index (χ1v) is 15.8. The molecule has 2 aromatic heterocycles. The largest absolute Gasteiger partial charge is 0.500 e. The van der Waals surface area contributed by atoms with Gasteiger partial charge in [0.05, 0.1) is 26.3 Å². The zero-order valence-electron chi connectivity index (χ0n) is 22.2. The summed E-state index contributed by atoms with van der Waals surface area (Å²) in [6, 6.07) is 1.57. The summed E-state index contributed by atoms with van der Waals surface area (Å²) in [5.41, 5.74) is 0. The van der Waals surface area contributed by atoms with E-state index in [2.05, 4.69) is 55.7 Å². The lowest BCUT2D eigenvalue weighted by molar-refractivity contribution is -0.696. The SMILES string of the molecule is CO[Si](CCC[n+]1ccn(CCOCCn2cc[n+](CCC[Si](OC)(OC)OC)c2)c1)(OC)OC. The van der Waals surface area contributed by atoms with Gasteiger partial charge in [0, 0.05) is 54.7 Å². The van der Waals surface area contributed by atoms with Crippen LogP contribution in [0, 0.1) is 0 Å². The van der Waals surface area contributed by atoms with Crippen molar-refractivity contribution < 1.29 is 40.4 Å². The molecule has 0 fully saturated rings. The van der Waals surface area contributed by atoms with Gasteiger partial charge in [0.1, 0.15) is 37.9 Å². The Morgan fingerprint density at radius 1 is 0.600 bits per heavy atom. The number of hydrogen-bond donors (Lipinski definition) is 0. The van der Waals surface area contributed by atoms with Crippen molar-refractivity contribution in [2.75, 3.05) is 55.9 Å². The van der Waals surface area contributed by atoms with Crippen molar-refractivity contribution in [3.05, 3.63) is 37.4 Å². The summed E-state index contributed by atoms with van der Waals surface area (Å²) in [5.74, 6) is 0. The van der Waals surface area contributed by atoms with E-state index in [1.165, 1.54) is 0 Å². The lowest BCUT2D eigenvalue weighted by Gasteiger charge is -2.23. The van der Waals surface area contributed by atoms with Gasteiger partial charge in [-0.05, 0) is 12.8 Å². The maximum atomic E-state index is 5.85. The molecule has 0 unspecified atom stereocenters. The van der Waals surface area contributed by atoms with E-state index >= 15 is 0 Å². The third-order valence-corrected chi connectivity index (χ3v) is 11.8. The molecular formula is C22H44N4O7Si2+2. The van der Waals surface area contributed by atoms with E-state index in [9.17, 15) is 0 Å². The van der Waals surface area contributed by atoms with Crippen molar-refractivity contribution in [3.8, 4) is 0 Å². The Balaban J connectivity index is 1.61. The van der Waals surface area contributed by atoms with Crippen LogP contribution in [0.3, 0.4) is 0 Å². The first kappa shape index (κ1) is 29.8. The van der Waals surface area contributed by atoms with Gasteiger partial charge in [-0.1, -0.05) is 0 Å². The number of nitrogens with zero attached hydrogens (tertiary/aromatic N) is 4. The molecule has 2 heterocycles. The Hall–Kier alpha value is -1.43. The molecule has 0 aliphatic rings. The van der Waals surface area contributed by atoms with Gasteiger partial charge in [-0.15, -0.1) is 0 Å². The van der Waals surface area contributed by atoms with Crippen LogP contribution in [0.5, 0.6) is 0 Å². The van der Waals surface area contributed by atoms with E-state index in [1.807, 2.05) is 0 Å². The third-order valence-electron chi connectivity index (χ3n) is 6.14. The number of hydrogen-bond acceptors (Lipinski definition) is 7. The predicted octanol–water partition coefficient (Wildman–Crippen LogP) is 1.12. The van der Waals surface area contributed by atoms with Crippen LogP contribution < -0.4 is 9.13 Å². The highest BCUT2D eigenvalue weighted by Gasteiger charge is 2.38. The van der Waals surface area contributed by atoms with Gasteiger partial charge < -0.3 is 31.3 Å². The average molecular weight is 533 g/mol. The van der Waals surface area contributed by atoms with Crippen LogP contribution in [0.4, 0.5) is 0 Å². The Morgan fingerprint density at radius 2 is 0.971 bits per heavy atom. The molecule has 0 aliphatic heterocycles. The summed E-state index contributed by atoms with van der Waals surface area (Å²) >= 11 is 0. The van der Waals surface area contributed by atoms with Crippen LogP contribution in [-0.2, 0) is 57.5 Å². The number of ether oxygens (including phenoxy) is 1. The van der Waals surface area contributed by atoms with Crippen molar-refractivity contribution in [2.45, 2.75) is 51.1 Å². The summed E-state index contributed by atoms with van der Waals surface area (Å²) in [7, 11) is 4.90. The maximum absolute atomic E-state index is 5.85. The summed E-state index contributed by atoms with van der Waals surface area (Å²) < 4.78 is 47.3. The lowest BCUT2D eigenvalue weighted by Crippen LogP contribution is -2.43. The minimum atomic E-state index is -2.50. The Bertz CT molecular complexity index is 746. The molecule has 11 nitrogen and oxygen atoms in total. The van der Waals surface area contributed by atoms with E-state index in [0.717, 1.165) is 51.1 Å². The molecule has 0 spiro atoms. The molecular weight excluding hydrogens is 488 g/mol. The fourth-order valence-electron chi connectivity index (χ4n) is 3.92. The molecule has 0 bridgehead atoms. The number of aryl methyl sites for hydroxylation is 2. The Labute approximate surface area is 211 Å². The van der Waals surface area contributed by atoms with Crippen molar-refractivity contribution in [1.82, 2.24) is 9.13 Å². The monoisotopic (exact) mass is 532 g/mol. The number of rotatable bonds is 20. The summed E-state index contributed by atoms with van der Waals surface area (Å²) in [5, 5.41) is 0. The molecule has 0 atom stereocenters. The van der Waals surface area contributed by atoms with Crippen LogP contribution in [0.2, 0.25) is 12.1 Å². The van der Waals surface area contributed by atoms with Crippen LogP contribution >= 0.6 is 0 Å². The van der Waals surface area contributed by atoms with Gasteiger partial charge >= 0.3 is 17.6 Å². The van der Waals surface area contributed by atoms with E-state index in [1.54, 1.807) is 42.7 Å². The quantitative estimate of drug-likeness (QED) is 0.144. The molecule has 0 aromatic carbocycles. The van der Waals surface area contributed by atoms with E-state index < -0.39 is 17.6 Å². The fraction of sp³-hybridized carbons (Fsp3) is 0.727. The zero-order valence-corrected chi connectivity index (χ0v) is 24.2. The standard InChI is InChI=1S/C22H44N4O7Si2/c1-27-34(28-2,29-3)19-7-9-23-11-13-25(21-23)15-17-33-18-16-26-14-12-24(22-26)10-8-20-35(30-4,31-5)32-6/h11-14,21-22H,7-10,15-20H2,1-6H3/q+2. The van der Waals surface area contributed by atoms with Gasteiger partial charge in [-0.3, -0.25) is 0 Å². The highest BCUT2D eigenvalue weighted by Crippen LogP contribution is 2.15. The molecule has 0 amide bonds. The van der Waals surface area contributed by atoms with Crippen molar-refractivity contribution in [1.29, 1.82) is 0 Å². The van der Waals surface area contributed by atoms with E-state index in [4.69, 9.17) is 31.3 Å². The van der Waals surface area contributed by atoms with Crippen LogP contribution in [0.15, 0.2) is 37.4 Å². The van der Waals surface area contributed by atoms with Crippen LogP contribution in [-0.4, -0.2) is 82.6 Å². The van der Waals surface area contributed by atoms with Gasteiger partial charge in [0.25, 0.3) is 0 Å².